The van der Waals surface area contributed by atoms with Gasteiger partial charge in [-0.25, -0.2) is 0 Å². The van der Waals surface area contributed by atoms with E-state index < -0.39 is 86.8 Å². The van der Waals surface area contributed by atoms with Gasteiger partial charge in [-0.1, -0.05) is 0 Å². The molecule has 6 rings (SSSR count). The predicted octanol–water partition coefficient (Wildman–Crippen LogP) is -1.85. The normalized spacial score (nSPS) is 37.3. The summed E-state index contributed by atoms with van der Waals surface area (Å²) in [5.74, 6) is 0.683. The number of methoxy groups -OCH3 is 4. The zero-order valence-corrected chi connectivity index (χ0v) is 28.9. The Balaban J connectivity index is 1.22. The fourth-order valence-corrected chi connectivity index (χ4v) is 7.16. The number of hydrogen-bond acceptors (Lipinski definition) is 18. The zero-order chi connectivity index (χ0) is 37.4. The van der Waals surface area contributed by atoms with Crippen molar-refractivity contribution in [2.24, 2.45) is 11.8 Å². The molecule has 4 aliphatic heterocycles. The van der Waals surface area contributed by atoms with Crippen molar-refractivity contribution in [2.45, 2.75) is 73.6 Å². The van der Waals surface area contributed by atoms with E-state index in [1.807, 2.05) is 0 Å². The van der Waals surface area contributed by atoms with Crippen LogP contribution in [0.2, 0.25) is 0 Å². The van der Waals surface area contributed by atoms with Gasteiger partial charge in [0.15, 0.2) is 23.0 Å². The van der Waals surface area contributed by atoms with E-state index in [1.165, 1.54) is 28.4 Å². The molecule has 2 aromatic carbocycles. The highest BCUT2D eigenvalue weighted by molar-refractivity contribution is 5.56. The molecule has 4 saturated heterocycles. The predicted molar refractivity (Wildman–Crippen MR) is 172 cm³/mol. The highest BCUT2D eigenvalue weighted by Gasteiger charge is 2.50. The first-order chi connectivity index (χ1) is 25.0. The molecule has 290 valence electrons. The summed E-state index contributed by atoms with van der Waals surface area (Å²) in [7, 11) is 5.66. The minimum Gasteiger partial charge on any atom is -0.493 e. The fourth-order valence-electron chi connectivity index (χ4n) is 7.16. The topological polar surface area (TPSA) is 254 Å². The van der Waals surface area contributed by atoms with Crippen molar-refractivity contribution < 1.29 is 88.2 Å². The smallest absolute Gasteiger partial charge is 0.229 e. The Morgan fingerprint density at radius 2 is 0.846 bits per heavy atom. The quantitative estimate of drug-likeness (QED) is 0.119. The second-order valence-electron chi connectivity index (χ2n) is 13.0. The van der Waals surface area contributed by atoms with E-state index in [4.69, 9.17) is 47.4 Å². The summed E-state index contributed by atoms with van der Waals surface area (Å²) >= 11 is 0. The largest absolute Gasteiger partial charge is 0.493 e. The fraction of sp³-hybridized carbons (Fsp3) is 0.647. The molecule has 0 spiro atoms. The second-order valence-corrected chi connectivity index (χ2v) is 13.0. The van der Waals surface area contributed by atoms with E-state index in [2.05, 4.69) is 0 Å². The van der Waals surface area contributed by atoms with Crippen LogP contribution in [-0.2, 0) is 18.9 Å². The van der Waals surface area contributed by atoms with Gasteiger partial charge in [0.1, 0.15) is 48.8 Å². The van der Waals surface area contributed by atoms with Crippen LogP contribution in [0.4, 0.5) is 0 Å². The Morgan fingerprint density at radius 3 is 1.13 bits per heavy atom. The zero-order valence-electron chi connectivity index (χ0n) is 28.9. The molecule has 14 atom stereocenters. The van der Waals surface area contributed by atoms with Crippen LogP contribution in [-0.4, -0.2) is 157 Å². The first-order valence-electron chi connectivity index (χ1n) is 16.7. The molecule has 2 aromatic rings. The number of fused-ring (bicyclic) bond motifs is 1. The molecule has 0 amide bonds. The molecule has 0 bridgehead atoms. The summed E-state index contributed by atoms with van der Waals surface area (Å²) in [6.45, 7) is -0.604. The molecule has 18 heteroatoms. The van der Waals surface area contributed by atoms with E-state index in [0.29, 0.717) is 24.3 Å². The number of aliphatic hydroxyl groups excluding tert-OH is 8. The first-order valence-corrected chi connectivity index (χ1v) is 16.7. The average Bonchev–Trinajstić information content (AvgIpc) is 3.78. The Kier molecular flexibility index (Phi) is 11.8. The molecule has 4 unspecified atom stereocenters. The van der Waals surface area contributed by atoms with Gasteiger partial charge in [0, 0.05) is 11.8 Å². The van der Waals surface area contributed by atoms with Gasteiger partial charge >= 0.3 is 0 Å². The Hall–Kier alpha value is -3.24. The van der Waals surface area contributed by atoms with Crippen molar-refractivity contribution in [1.29, 1.82) is 0 Å². The third kappa shape index (κ3) is 6.94. The van der Waals surface area contributed by atoms with Crippen molar-refractivity contribution in [3.63, 3.8) is 0 Å². The number of aliphatic hydroxyl groups is 8. The molecular weight excluding hydrogens is 696 g/mol. The molecule has 8 N–H and O–H groups in total. The van der Waals surface area contributed by atoms with Gasteiger partial charge in [-0.2, -0.15) is 0 Å². The lowest BCUT2D eigenvalue weighted by Crippen LogP contribution is -2.60. The van der Waals surface area contributed by atoms with Crippen LogP contribution in [0.3, 0.4) is 0 Å². The number of hydrogen-bond donors (Lipinski definition) is 8. The van der Waals surface area contributed by atoms with Crippen LogP contribution >= 0.6 is 0 Å². The lowest BCUT2D eigenvalue weighted by molar-refractivity contribution is -0.277. The summed E-state index contributed by atoms with van der Waals surface area (Å²) < 4.78 is 58.0. The lowest BCUT2D eigenvalue weighted by atomic mass is 9.84. The molecule has 4 heterocycles. The van der Waals surface area contributed by atoms with Crippen LogP contribution < -0.4 is 28.4 Å². The molecule has 18 nitrogen and oxygen atoms in total. The summed E-state index contributed by atoms with van der Waals surface area (Å²) in [4.78, 5) is 0. The monoisotopic (exact) mass is 742 g/mol. The highest BCUT2D eigenvalue weighted by atomic mass is 16.7. The third-order valence-corrected chi connectivity index (χ3v) is 10.1. The van der Waals surface area contributed by atoms with Crippen LogP contribution in [0.5, 0.6) is 34.5 Å². The maximum Gasteiger partial charge on any atom is 0.229 e. The summed E-state index contributed by atoms with van der Waals surface area (Å²) in [5.41, 5.74) is 1.37. The van der Waals surface area contributed by atoms with E-state index in [9.17, 15) is 40.9 Å². The van der Waals surface area contributed by atoms with Gasteiger partial charge in [-0.05, 0) is 35.4 Å². The minimum absolute atomic E-state index is 0.0541. The van der Waals surface area contributed by atoms with Crippen molar-refractivity contribution in [1.82, 2.24) is 0 Å². The number of benzene rings is 2. The van der Waals surface area contributed by atoms with Crippen molar-refractivity contribution in [3.8, 4) is 34.5 Å². The Labute approximate surface area is 298 Å². The van der Waals surface area contributed by atoms with Gasteiger partial charge in [-0.15, -0.1) is 0 Å². The maximum absolute atomic E-state index is 10.5. The van der Waals surface area contributed by atoms with Crippen LogP contribution in [0.1, 0.15) is 23.3 Å². The molecular formula is C34H46O18. The average molecular weight is 743 g/mol. The Bertz CT molecular complexity index is 1360. The molecule has 0 aliphatic carbocycles. The van der Waals surface area contributed by atoms with E-state index in [-0.39, 0.29) is 46.3 Å². The molecule has 0 radical (unpaired) electrons. The van der Waals surface area contributed by atoms with Gasteiger partial charge in [0.05, 0.1) is 67.1 Å². The SMILES string of the molecule is COc1cc(C2OCC3C(c4cc(OC)c(O[C@H]5O[C@@H](CO)[C@H](O)[C@@H](O)[C@@H]5O)c(OC)c4)OCC23)cc(OC)c1O[C@H]1O[C@@H](CO)[C@H](O)[C@@H](O)[C@@H]1O. The molecule has 0 aromatic heterocycles. The summed E-state index contributed by atoms with van der Waals surface area (Å²) in [5, 5.41) is 81.0. The lowest BCUT2D eigenvalue weighted by Gasteiger charge is -2.39. The van der Waals surface area contributed by atoms with Gasteiger partial charge in [-0.3, -0.25) is 0 Å². The second kappa shape index (κ2) is 16.0. The highest BCUT2D eigenvalue weighted by Crippen LogP contribution is 2.54. The first kappa shape index (κ1) is 38.5. The van der Waals surface area contributed by atoms with E-state index in [1.54, 1.807) is 24.3 Å². The van der Waals surface area contributed by atoms with Crippen molar-refractivity contribution in [2.75, 3.05) is 54.9 Å². The van der Waals surface area contributed by atoms with Crippen molar-refractivity contribution in [3.05, 3.63) is 35.4 Å². The van der Waals surface area contributed by atoms with E-state index >= 15 is 0 Å². The molecule has 4 aliphatic rings. The van der Waals surface area contributed by atoms with E-state index in [0.717, 1.165) is 0 Å². The van der Waals surface area contributed by atoms with Gasteiger partial charge < -0.3 is 88.2 Å². The van der Waals surface area contributed by atoms with Crippen LogP contribution in [0.15, 0.2) is 24.3 Å². The minimum atomic E-state index is -1.65. The molecule has 0 saturated carbocycles. The maximum atomic E-state index is 10.5. The van der Waals surface area contributed by atoms with Gasteiger partial charge in [0.2, 0.25) is 24.1 Å². The third-order valence-electron chi connectivity index (χ3n) is 10.1. The molecule has 4 fully saturated rings. The molecule has 52 heavy (non-hydrogen) atoms. The van der Waals surface area contributed by atoms with Crippen LogP contribution in [0.25, 0.3) is 0 Å². The number of rotatable bonds is 12. The summed E-state index contributed by atoms with van der Waals surface area (Å²) in [6, 6.07) is 6.78. The standard InChI is InChI=1S/C34H46O18/c1-43-17-5-13(6-18(44-2)31(17)51-33-27(41)25(39)23(37)21(9-35)49-33)29-15-11-48-30(16(15)12-47-29)14-7-19(45-3)32(20(8-14)46-4)52-34-28(42)26(40)24(38)22(10-36)50-34/h5-8,15-16,21-30,33-42H,9-12H2,1-4H3/t15?,16?,21-,22-,23-,24-,25+,26+,27-,28-,29?,30?,33+,34+/m0/s1. The van der Waals surface area contributed by atoms with Crippen LogP contribution in [0, 0.1) is 11.8 Å². The van der Waals surface area contributed by atoms with Crippen molar-refractivity contribution >= 4 is 0 Å². The summed E-state index contributed by atoms with van der Waals surface area (Å²) in [6.07, 6.45) is -15.9. The number of ether oxygens (including phenoxy) is 10. The van der Waals surface area contributed by atoms with Gasteiger partial charge in [0.25, 0.3) is 0 Å². The Morgan fingerprint density at radius 1 is 0.519 bits per heavy atom.